The van der Waals surface area contributed by atoms with Crippen LogP contribution in [0.3, 0.4) is 0 Å². The van der Waals surface area contributed by atoms with E-state index in [4.69, 9.17) is 1.37 Å². The van der Waals surface area contributed by atoms with E-state index < -0.39 is 0 Å². The maximum absolute atomic E-state index is 6.59. The molecule has 1 aliphatic rings. The van der Waals surface area contributed by atoms with Crippen LogP contribution in [0.25, 0.3) is 0 Å². The van der Waals surface area contributed by atoms with Gasteiger partial charge in [-0.15, -0.1) is 0 Å². The number of rotatable bonds is 0. The SMILES string of the molecule is [2H]CC1CO1. The van der Waals surface area contributed by atoms with Crippen molar-refractivity contribution in [3.8, 4) is 0 Å². The number of hydrogen-bond donors (Lipinski definition) is 0. The van der Waals surface area contributed by atoms with E-state index in [1.165, 1.54) is 0 Å². The molecule has 1 saturated heterocycles. The molecular weight excluding hydrogens is 52.0 g/mol. The van der Waals surface area contributed by atoms with Gasteiger partial charge in [0.2, 0.25) is 0 Å². The average Bonchev–Trinajstić information content (AvgIpc) is 2.12. The quantitative estimate of drug-likeness (QED) is 0.368. The van der Waals surface area contributed by atoms with Crippen LogP contribution in [0.4, 0.5) is 0 Å². The second-order valence-corrected chi connectivity index (χ2v) is 0.955. The van der Waals surface area contributed by atoms with Crippen LogP contribution in [-0.2, 0) is 4.74 Å². The van der Waals surface area contributed by atoms with Crippen molar-refractivity contribution < 1.29 is 6.11 Å². The first-order valence-electron chi connectivity index (χ1n) is 2.05. The summed E-state index contributed by atoms with van der Waals surface area (Å²) >= 11 is 0. The monoisotopic (exact) mass is 59.0 g/mol. The lowest BCUT2D eigenvalue weighted by Crippen LogP contribution is -1.60. The zero-order chi connectivity index (χ0) is 3.70. The Morgan fingerprint density at radius 2 is 3.25 bits per heavy atom. The molecule has 1 atom stereocenters. The minimum Gasteiger partial charge on any atom is -0.373 e. The van der Waals surface area contributed by atoms with Crippen molar-refractivity contribution in [3.63, 3.8) is 0 Å². The Morgan fingerprint density at radius 1 is 2.50 bits per heavy atom. The molecule has 0 saturated carbocycles. The Hall–Kier alpha value is -0.0400. The van der Waals surface area contributed by atoms with E-state index in [-0.39, 0.29) is 0 Å². The lowest BCUT2D eigenvalue weighted by Gasteiger charge is -1.50. The maximum atomic E-state index is 6.59. The van der Waals surface area contributed by atoms with Crippen molar-refractivity contribution in [1.82, 2.24) is 0 Å². The highest BCUT2D eigenvalue weighted by Crippen LogP contribution is 2.04. The molecule has 1 rings (SSSR count). The molecule has 1 fully saturated rings. The zero-order valence-corrected chi connectivity index (χ0v) is 2.40. The van der Waals surface area contributed by atoms with Crippen molar-refractivity contribution in [1.29, 1.82) is 0 Å². The van der Waals surface area contributed by atoms with Crippen LogP contribution in [-0.4, -0.2) is 12.7 Å². The first kappa shape index (κ1) is 1.41. The molecule has 0 N–H and O–H groups in total. The van der Waals surface area contributed by atoms with E-state index in [1.54, 1.807) is 0 Å². The molecule has 0 aromatic rings. The molecule has 1 heteroatoms. The molecule has 0 aliphatic carbocycles. The van der Waals surface area contributed by atoms with Crippen LogP contribution in [0.5, 0.6) is 0 Å². The van der Waals surface area contributed by atoms with Gasteiger partial charge in [-0.1, -0.05) is 0 Å². The van der Waals surface area contributed by atoms with Crippen molar-refractivity contribution in [2.24, 2.45) is 0 Å². The summed E-state index contributed by atoms with van der Waals surface area (Å²) in [5, 5.41) is 0. The molecular formula is C3H6O. The van der Waals surface area contributed by atoms with E-state index >= 15 is 0 Å². The molecule has 24 valence electrons. The van der Waals surface area contributed by atoms with Crippen LogP contribution in [0.2, 0.25) is 0 Å². The largest absolute Gasteiger partial charge is 0.373 e. The lowest BCUT2D eigenvalue weighted by molar-refractivity contribution is 0.423. The first-order chi connectivity index (χ1) is 2.43. The van der Waals surface area contributed by atoms with Crippen molar-refractivity contribution >= 4 is 0 Å². The summed E-state index contributed by atoms with van der Waals surface area (Å²) in [5.41, 5.74) is 0. The molecule has 0 spiro atoms. The van der Waals surface area contributed by atoms with E-state index in [1.807, 2.05) is 0 Å². The predicted molar refractivity (Wildman–Crippen MR) is 15.4 cm³/mol. The third-order valence-corrected chi connectivity index (χ3v) is 0.402. The van der Waals surface area contributed by atoms with Gasteiger partial charge in [-0.2, -0.15) is 0 Å². The fourth-order valence-corrected chi connectivity index (χ4v) is 0.0680. The summed E-state index contributed by atoms with van der Waals surface area (Å²) in [6, 6.07) is 0. The van der Waals surface area contributed by atoms with Gasteiger partial charge in [-0.3, -0.25) is 0 Å². The van der Waals surface area contributed by atoms with Gasteiger partial charge in [0.1, 0.15) is 0 Å². The minimum absolute atomic E-state index is 0.301. The van der Waals surface area contributed by atoms with Gasteiger partial charge in [0.15, 0.2) is 0 Å². The van der Waals surface area contributed by atoms with Gasteiger partial charge in [-0.05, 0) is 6.90 Å². The smallest absolute Gasteiger partial charge is 0.0781 e. The summed E-state index contributed by atoms with van der Waals surface area (Å²) in [6.45, 7) is 1.27. The van der Waals surface area contributed by atoms with E-state index in [0.29, 0.717) is 13.0 Å². The molecule has 0 radical (unpaired) electrons. The Labute approximate surface area is 27.0 Å². The molecule has 1 aliphatic heterocycles. The van der Waals surface area contributed by atoms with Gasteiger partial charge in [0, 0.05) is 1.37 Å². The van der Waals surface area contributed by atoms with Crippen LogP contribution in [0.1, 0.15) is 8.27 Å². The summed E-state index contributed by atoms with van der Waals surface area (Å²) in [5.74, 6) is 0. The maximum Gasteiger partial charge on any atom is 0.0781 e. The van der Waals surface area contributed by atoms with Crippen LogP contribution < -0.4 is 0 Å². The van der Waals surface area contributed by atoms with Gasteiger partial charge in [0.05, 0.1) is 12.7 Å². The van der Waals surface area contributed by atoms with E-state index in [0.717, 1.165) is 6.61 Å². The number of ether oxygens (including phenoxy) is 1. The van der Waals surface area contributed by atoms with Crippen molar-refractivity contribution in [2.45, 2.75) is 13.0 Å². The number of hydrogen-bond acceptors (Lipinski definition) is 1. The van der Waals surface area contributed by atoms with Crippen LogP contribution in [0.15, 0.2) is 0 Å². The van der Waals surface area contributed by atoms with Crippen molar-refractivity contribution in [2.75, 3.05) is 6.61 Å². The van der Waals surface area contributed by atoms with Crippen LogP contribution in [0, 0.1) is 0 Å². The minimum atomic E-state index is 0.301. The summed E-state index contributed by atoms with van der Waals surface area (Å²) in [7, 11) is 0. The first-order valence-corrected chi connectivity index (χ1v) is 1.34. The fourth-order valence-electron chi connectivity index (χ4n) is 0.0680. The van der Waals surface area contributed by atoms with E-state index in [9.17, 15) is 0 Å². The fraction of sp³-hybridized carbons (Fsp3) is 1.00. The summed E-state index contributed by atoms with van der Waals surface area (Å²) < 4.78 is 11.3. The Balaban J connectivity index is 2.00. The number of epoxide rings is 1. The molecule has 1 unspecified atom stereocenters. The zero-order valence-electron chi connectivity index (χ0n) is 3.40. The highest BCUT2D eigenvalue weighted by molar-refractivity contribution is 4.58. The normalized spacial score (nSPS) is 43.0. The summed E-state index contributed by atoms with van der Waals surface area (Å²) in [4.78, 5) is 0. The van der Waals surface area contributed by atoms with Gasteiger partial charge >= 0.3 is 0 Å². The van der Waals surface area contributed by atoms with Crippen LogP contribution >= 0.6 is 0 Å². The molecule has 0 amide bonds. The lowest BCUT2D eigenvalue weighted by atomic mass is 10.6. The standard InChI is InChI=1S/C3H6O/c1-3-2-4-3/h3H,2H2,1H3/i1D. The molecule has 1 heterocycles. The predicted octanol–water partition coefficient (Wildman–Crippen LogP) is 0.405. The third-order valence-electron chi connectivity index (χ3n) is 0.402. The summed E-state index contributed by atoms with van der Waals surface area (Å²) in [6.07, 6.45) is 0.301. The van der Waals surface area contributed by atoms with Gasteiger partial charge in [0.25, 0.3) is 0 Å². The molecule has 0 aromatic carbocycles. The average molecular weight is 59.1 g/mol. The Kier molecular flexibility index (Phi) is 0.163. The molecule has 0 aromatic heterocycles. The molecule has 1 nitrogen and oxygen atoms in total. The third kappa shape index (κ3) is 0.206. The molecule has 0 bridgehead atoms. The highest BCUT2D eigenvalue weighted by Gasteiger charge is 2.13. The second-order valence-electron chi connectivity index (χ2n) is 0.955. The van der Waals surface area contributed by atoms with Crippen molar-refractivity contribution in [3.05, 3.63) is 0 Å². The van der Waals surface area contributed by atoms with E-state index in [2.05, 4.69) is 4.74 Å². The highest BCUT2D eigenvalue weighted by atomic mass is 16.6. The van der Waals surface area contributed by atoms with Gasteiger partial charge < -0.3 is 4.74 Å². The van der Waals surface area contributed by atoms with Gasteiger partial charge in [-0.25, -0.2) is 0 Å². The molecule has 4 heavy (non-hydrogen) atoms. The Morgan fingerprint density at radius 3 is 3.25 bits per heavy atom. The second kappa shape index (κ2) is 0.462. The topological polar surface area (TPSA) is 12.5 Å². The Bertz CT molecular complexity index is 33.9.